The summed E-state index contributed by atoms with van der Waals surface area (Å²) in [6, 6.07) is 1.18. The van der Waals surface area contributed by atoms with Crippen LogP contribution >= 0.6 is 0 Å². The zero-order chi connectivity index (χ0) is 14.4. The number of hydrogen-bond acceptors (Lipinski definition) is 5. The van der Waals surface area contributed by atoms with E-state index in [9.17, 15) is 5.11 Å². The zero-order valence-electron chi connectivity index (χ0n) is 13.1. The maximum Gasteiger partial charge on any atom is 0.0829 e. The molecule has 0 aromatic rings. The molecule has 2 aliphatic rings. The molecule has 2 heterocycles. The molecule has 2 fully saturated rings. The number of nitrogens with zero attached hydrogens (tertiary/aromatic N) is 2. The van der Waals surface area contributed by atoms with Crippen LogP contribution in [0, 0.1) is 0 Å². The van der Waals surface area contributed by atoms with Gasteiger partial charge in [-0.05, 0) is 33.2 Å². The van der Waals surface area contributed by atoms with Crippen LogP contribution in [0.15, 0.2) is 0 Å². The van der Waals surface area contributed by atoms with Gasteiger partial charge < -0.3 is 15.2 Å². The van der Waals surface area contributed by atoms with E-state index in [2.05, 4.69) is 29.0 Å². The Labute approximate surface area is 123 Å². The highest BCUT2D eigenvalue weighted by molar-refractivity contribution is 4.81. The summed E-state index contributed by atoms with van der Waals surface area (Å²) >= 11 is 0. The van der Waals surface area contributed by atoms with E-state index < -0.39 is 0 Å². The fourth-order valence-corrected chi connectivity index (χ4v) is 3.23. The van der Waals surface area contributed by atoms with Crippen molar-refractivity contribution in [2.75, 3.05) is 52.5 Å². The van der Waals surface area contributed by atoms with Crippen LogP contribution in [-0.2, 0) is 4.74 Å². The Kier molecular flexibility index (Phi) is 6.71. The lowest BCUT2D eigenvalue weighted by Crippen LogP contribution is -2.51. The average Bonchev–Trinajstić information content (AvgIpc) is 2.92. The van der Waals surface area contributed by atoms with Crippen molar-refractivity contribution in [3.05, 3.63) is 0 Å². The van der Waals surface area contributed by atoms with E-state index in [1.165, 1.54) is 12.8 Å². The van der Waals surface area contributed by atoms with Gasteiger partial charge in [0, 0.05) is 44.8 Å². The number of hydrogen-bond donors (Lipinski definition) is 2. The van der Waals surface area contributed by atoms with Gasteiger partial charge in [0.1, 0.15) is 0 Å². The quantitative estimate of drug-likeness (QED) is 0.697. The number of ether oxygens (including phenoxy) is 1. The Morgan fingerprint density at radius 1 is 1.40 bits per heavy atom. The van der Waals surface area contributed by atoms with Crippen LogP contribution in [0.1, 0.15) is 26.7 Å². The predicted molar refractivity (Wildman–Crippen MR) is 81.0 cm³/mol. The molecule has 20 heavy (non-hydrogen) atoms. The van der Waals surface area contributed by atoms with E-state index in [1.807, 2.05) is 0 Å². The third-order valence-electron chi connectivity index (χ3n) is 4.42. The van der Waals surface area contributed by atoms with Crippen molar-refractivity contribution in [2.24, 2.45) is 0 Å². The summed E-state index contributed by atoms with van der Waals surface area (Å²) in [7, 11) is 0. The molecule has 0 aromatic heterocycles. The second kappa shape index (κ2) is 8.29. The molecular formula is C15H31N3O2. The van der Waals surface area contributed by atoms with Gasteiger partial charge in [-0.1, -0.05) is 0 Å². The standard InChI is InChI=1S/C15H31N3O2/c1-13(2)18-7-9-20-15(12-18)11-17(6-8-19)10-14-4-3-5-16-14/h13-16,19H,3-12H2,1-2H3. The molecule has 2 rings (SSSR count). The van der Waals surface area contributed by atoms with Gasteiger partial charge in [0.05, 0.1) is 19.3 Å². The van der Waals surface area contributed by atoms with Crippen molar-refractivity contribution in [1.29, 1.82) is 0 Å². The van der Waals surface area contributed by atoms with Crippen molar-refractivity contribution in [1.82, 2.24) is 15.1 Å². The SMILES string of the molecule is CC(C)N1CCOC(CN(CCO)CC2CCCN2)C1. The van der Waals surface area contributed by atoms with Crippen molar-refractivity contribution in [3.8, 4) is 0 Å². The zero-order valence-corrected chi connectivity index (χ0v) is 13.1. The van der Waals surface area contributed by atoms with Crippen LogP contribution in [0.2, 0.25) is 0 Å². The summed E-state index contributed by atoms with van der Waals surface area (Å²) in [4.78, 5) is 4.84. The molecule has 2 aliphatic heterocycles. The summed E-state index contributed by atoms with van der Waals surface area (Å²) in [5, 5.41) is 12.8. The van der Waals surface area contributed by atoms with Gasteiger partial charge in [0.2, 0.25) is 0 Å². The minimum Gasteiger partial charge on any atom is -0.395 e. The monoisotopic (exact) mass is 285 g/mol. The molecule has 0 saturated carbocycles. The molecule has 2 unspecified atom stereocenters. The lowest BCUT2D eigenvalue weighted by Gasteiger charge is -2.38. The second-order valence-electron chi connectivity index (χ2n) is 6.36. The topological polar surface area (TPSA) is 48.0 Å². The lowest BCUT2D eigenvalue weighted by atomic mass is 10.1. The van der Waals surface area contributed by atoms with Gasteiger partial charge in [-0.2, -0.15) is 0 Å². The molecular weight excluding hydrogens is 254 g/mol. The van der Waals surface area contributed by atoms with E-state index in [1.54, 1.807) is 0 Å². The van der Waals surface area contributed by atoms with Crippen LogP contribution in [-0.4, -0.2) is 85.6 Å². The summed E-state index contributed by atoms with van der Waals surface area (Å²) in [5.74, 6) is 0. The van der Waals surface area contributed by atoms with E-state index in [0.29, 0.717) is 12.1 Å². The first-order valence-electron chi connectivity index (χ1n) is 8.11. The number of rotatable bonds is 7. The lowest BCUT2D eigenvalue weighted by molar-refractivity contribution is -0.0538. The first kappa shape index (κ1) is 16.2. The Balaban J connectivity index is 1.80. The molecule has 0 bridgehead atoms. The van der Waals surface area contributed by atoms with Gasteiger partial charge in [0.25, 0.3) is 0 Å². The third-order valence-corrected chi connectivity index (χ3v) is 4.42. The molecule has 0 radical (unpaired) electrons. The maximum atomic E-state index is 9.27. The minimum atomic E-state index is 0.229. The largest absolute Gasteiger partial charge is 0.395 e. The Morgan fingerprint density at radius 3 is 2.90 bits per heavy atom. The highest BCUT2D eigenvalue weighted by Crippen LogP contribution is 2.12. The second-order valence-corrected chi connectivity index (χ2v) is 6.36. The Morgan fingerprint density at radius 2 is 2.25 bits per heavy atom. The number of aliphatic hydroxyl groups is 1. The number of nitrogens with one attached hydrogen (secondary N) is 1. The van der Waals surface area contributed by atoms with Crippen molar-refractivity contribution in [3.63, 3.8) is 0 Å². The molecule has 0 aliphatic carbocycles. The fraction of sp³-hybridized carbons (Fsp3) is 1.00. The van der Waals surface area contributed by atoms with E-state index >= 15 is 0 Å². The van der Waals surface area contributed by atoms with Crippen molar-refractivity contribution >= 4 is 0 Å². The van der Waals surface area contributed by atoms with Crippen LogP contribution in [0.5, 0.6) is 0 Å². The van der Waals surface area contributed by atoms with Crippen molar-refractivity contribution < 1.29 is 9.84 Å². The highest BCUT2D eigenvalue weighted by Gasteiger charge is 2.25. The van der Waals surface area contributed by atoms with Gasteiger partial charge in [-0.25, -0.2) is 0 Å². The van der Waals surface area contributed by atoms with Gasteiger partial charge >= 0.3 is 0 Å². The molecule has 0 amide bonds. The minimum absolute atomic E-state index is 0.229. The van der Waals surface area contributed by atoms with Gasteiger partial charge in [-0.15, -0.1) is 0 Å². The number of aliphatic hydroxyl groups excluding tert-OH is 1. The van der Waals surface area contributed by atoms with Crippen LogP contribution in [0.4, 0.5) is 0 Å². The normalized spacial score (nSPS) is 28.6. The van der Waals surface area contributed by atoms with E-state index in [4.69, 9.17) is 4.74 Å². The first-order valence-corrected chi connectivity index (χ1v) is 8.11. The van der Waals surface area contributed by atoms with Crippen LogP contribution in [0.3, 0.4) is 0 Å². The third kappa shape index (κ3) is 4.97. The fourth-order valence-electron chi connectivity index (χ4n) is 3.23. The smallest absolute Gasteiger partial charge is 0.0829 e. The predicted octanol–water partition coefficient (Wildman–Crippen LogP) is 0.142. The molecule has 118 valence electrons. The highest BCUT2D eigenvalue weighted by atomic mass is 16.5. The molecule has 0 spiro atoms. The summed E-state index contributed by atoms with van der Waals surface area (Å²) < 4.78 is 5.91. The molecule has 5 heteroatoms. The molecule has 2 N–H and O–H groups in total. The average molecular weight is 285 g/mol. The summed E-state index contributed by atoms with van der Waals surface area (Å²) in [6.45, 7) is 11.5. The van der Waals surface area contributed by atoms with Gasteiger partial charge in [-0.3, -0.25) is 9.80 Å². The van der Waals surface area contributed by atoms with Gasteiger partial charge in [0.15, 0.2) is 0 Å². The Bertz CT molecular complexity index is 270. The van der Waals surface area contributed by atoms with Crippen LogP contribution in [0.25, 0.3) is 0 Å². The summed E-state index contributed by atoms with van der Waals surface area (Å²) in [6.07, 6.45) is 2.81. The van der Waals surface area contributed by atoms with Crippen LogP contribution < -0.4 is 5.32 Å². The molecule has 5 nitrogen and oxygen atoms in total. The summed E-state index contributed by atoms with van der Waals surface area (Å²) in [5.41, 5.74) is 0. The molecule has 0 aromatic carbocycles. The number of morpholine rings is 1. The van der Waals surface area contributed by atoms with Crippen molar-refractivity contribution in [2.45, 2.75) is 44.9 Å². The van der Waals surface area contributed by atoms with E-state index in [0.717, 1.165) is 45.9 Å². The molecule has 2 atom stereocenters. The van der Waals surface area contributed by atoms with E-state index in [-0.39, 0.29) is 12.7 Å². The Hall–Kier alpha value is -0.200. The molecule has 2 saturated heterocycles. The maximum absolute atomic E-state index is 9.27. The first-order chi connectivity index (χ1) is 9.69.